The van der Waals surface area contributed by atoms with Crippen molar-refractivity contribution in [2.45, 2.75) is 26.4 Å². The quantitative estimate of drug-likeness (QED) is 0.629. The summed E-state index contributed by atoms with van der Waals surface area (Å²) in [5.74, 6) is -0.261. The molecule has 0 aliphatic carbocycles. The summed E-state index contributed by atoms with van der Waals surface area (Å²) < 4.78 is 1.64. The van der Waals surface area contributed by atoms with Crippen LogP contribution in [-0.2, 0) is 19.5 Å². The number of nitrogens with zero attached hydrogens (tertiary/aromatic N) is 3. The molecule has 0 spiro atoms. The van der Waals surface area contributed by atoms with E-state index < -0.39 is 0 Å². The van der Waals surface area contributed by atoms with Gasteiger partial charge in [-0.1, -0.05) is 28.9 Å². The molecule has 1 amide bonds. The molecule has 0 bridgehead atoms. The van der Waals surface area contributed by atoms with E-state index >= 15 is 0 Å². The largest absolute Gasteiger partial charge is 0.506 e. The Morgan fingerprint density at radius 1 is 1.29 bits per heavy atom. The van der Waals surface area contributed by atoms with Gasteiger partial charge in [-0.3, -0.25) is 4.79 Å². The molecule has 1 aliphatic rings. The number of aromatic hydroxyl groups is 1. The van der Waals surface area contributed by atoms with Crippen LogP contribution in [0.5, 0.6) is 5.75 Å². The van der Waals surface area contributed by atoms with Gasteiger partial charge in [-0.25, -0.2) is 4.68 Å². The molecule has 3 aromatic rings. The van der Waals surface area contributed by atoms with E-state index in [0.717, 1.165) is 30.8 Å². The Labute approximate surface area is 167 Å². The summed E-state index contributed by atoms with van der Waals surface area (Å²) >= 11 is 5.95. The van der Waals surface area contributed by atoms with Crippen molar-refractivity contribution in [1.82, 2.24) is 20.3 Å². The maximum atomic E-state index is 12.7. The van der Waals surface area contributed by atoms with Crippen LogP contribution >= 0.6 is 11.6 Å². The maximum absolute atomic E-state index is 12.7. The molecular weight excluding hydrogens is 378 g/mol. The van der Waals surface area contributed by atoms with Crippen LogP contribution in [0.1, 0.15) is 32.9 Å². The van der Waals surface area contributed by atoms with Crippen LogP contribution in [0.25, 0.3) is 0 Å². The second-order valence-corrected chi connectivity index (χ2v) is 7.24. The number of carbonyl (C=O) groups is 1. The highest BCUT2D eigenvalue weighted by Crippen LogP contribution is 2.24. The SMILES string of the molecule is Cc1c(C(=O)Nc2ccc3c(c2)CCNC3)nnn1Cc1ccc(O)c(Cl)c1. The number of phenols is 1. The minimum Gasteiger partial charge on any atom is -0.506 e. The molecule has 2 heterocycles. The van der Waals surface area contributed by atoms with E-state index in [2.05, 4.69) is 20.9 Å². The third kappa shape index (κ3) is 3.72. The fraction of sp³-hybridized carbons (Fsp3) is 0.250. The molecule has 0 fully saturated rings. The number of nitrogens with one attached hydrogen (secondary N) is 2. The lowest BCUT2D eigenvalue weighted by atomic mass is 10.0. The van der Waals surface area contributed by atoms with Crippen molar-refractivity contribution in [3.63, 3.8) is 0 Å². The van der Waals surface area contributed by atoms with E-state index in [9.17, 15) is 9.90 Å². The van der Waals surface area contributed by atoms with Crippen LogP contribution in [0.4, 0.5) is 5.69 Å². The first-order valence-electron chi connectivity index (χ1n) is 9.02. The highest BCUT2D eigenvalue weighted by molar-refractivity contribution is 6.32. The number of amides is 1. The predicted octanol–water partition coefficient (Wildman–Crippen LogP) is 2.89. The average Bonchev–Trinajstić information content (AvgIpc) is 3.05. The molecule has 1 aliphatic heterocycles. The normalized spacial score (nSPS) is 13.2. The Hall–Kier alpha value is -2.90. The highest BCUT2D eigenvalue weighted by atomic mass is 35.5. The minimum atomic E-state index is -0.290. The zero-order chi connectivity index (χ0) is 19.7. The summed E-state index contributed by atoms with van der Waals surface area (Å²) in [5, 5.41) is 24.2. The van der Waals surface area contributed by atoms with E-state index in [-0.39, 0.29) is 22.4 Å². The lowest BCUT2D eigenvalue weighted by Gasteiger charge is -2.18. The van der Waals surface area contributed by atoms with Gasteiger partial charge < -0.3 is 15.7 Å². The average molecular weight is 398 g/mol. The Morgan fingerprint density at radius 2 is 2.14 bits per heavy atom. The lowest BCUT2D eigenvalue weighted by Crippen LogP contribution is -2.23. The van der Waals surface area contributed by atoms with E-state index in [1.165, 1.54) is 17.2 Å². The number of rotatable bonds is 4. The predicted molar refractivity (Wildman–Crippen MR) is 107 cm³/mol. The molecule has 2 aromatic carbocycles. The van der Waals surface area contributed by atoms with Gasteiger partial charge >= 0.3 is 0 Å². The molecule has 144 valence electrons. The molecule has 7 nitrogen and oxygen atoms in total. The summed E-state index contributed by atoms with van der Waals surface area (Å²) in [5.41, 5.74) is 5.06. The smallest absolute Gasteiger partial charge is 0.278 e. The van der Waals surface area contributed by atoms with E-state index in [1.807, 2.05) is 18.2 Å². The summed E-state index contributed by atoms with van der Waals surface area (Å²) in [6.45, 7) is 4.00. The number of halogens is 1. The molecule has 0 radical (unpaired) electrons. The van der Waals surface area contributed by atoms with Gasteiger partial charge in [0.15, 0.2) is 5.69 Å². The van der Waals surface area contributed by atoms with Gasteiger partial charge in [-0.2, -0.15) is 0 Å². The van der Waals surface area contributed by atoms with Crippen molar-refractivity contribution >= 4 is 23.2 Å². The monoisotopic (exact) mass is 397 g/mol. The van der Waals surface area contributed by atoms with Crippen molar-refractivity contribution < 1.29 is 9.90 Å². The number of aromatic nitrogens is 3. The van der Waals surface area contributed by atoms with Crippen molar-refractivity contribution in [3.05, 3.63) is 69.5 Å². The van der Waals surface area contributed by atoms with Gasteiger partial charge in [0.1, 0.15) is 5.75 Å². The van der Waals surface area contributed by atoms with Gasteiger partial charge in [0.05, 0.1) is 17.3 Å². The van der Waals surface area contributed by atoms with Gasteiger partial charge in [0.2, 0.25) is 0 Å². The fourth-order valence-corrected chi connectivity index (χ4v) is 3.49. The van der Waals surface area contributed by atoms with Crippen LogP contribution in [0, 0.1) is 6.92 Å². The van der Waals surface area contributed by atoms with Gasteiger partial charge in [-0.15, -0.1) is 5.10 Å². The molecule has 8 heteroatoms. The molecule has 3 N–H and O–H groups in total. The molecule has 0 unspecified atom stereocenters. The Kier molecular flexibility index (Phi) is 5.02. The topological polar surface area (TPSA) is 92.1 Å². The third-order valence-corrected chi connectivity index (χ3v) is 5.20. The number of carbonyl (C=O) groups excluding carboxylic acids is 1. The van der Waals surface area contributed by atoms with Crippen LogP contribution in [0.15, 0.2) is 36.4 Å². The number of hydrogen-bond acceptors (Lipinski definition) is 5. The zero-order valence-electron chi connectivity index (χ0n) is 15.4. The number of benzene rings is 2. The summed E-state index contributed by atoms with van der Waals surface area (Å²) in [6.07, 6.45) is 0.948. The molecule has 0 atom stereocenters. The summed E-state index contributed by atoms with van der Waals surface area (Å²) in [6, 6.07) is 10.9. The van der Waals surface area contributed by atoms with Crippen LogP contribution < -0.4 is 10.6 Å². The number of anilines is 1. The van der Waals surface area contributed by atoms with Gasteiger partial charge in [0.25, 0.3) is 5.91 Å². The molecule has 4 rings (SSSR count). The Bertz CT molecular complexity index is 1050. The maximum Gasteiger partial charge on any atom is 0.278 e. The van der Waals surface area contributed by atoms with E-state index in [4.69, 9.17) is 11.6 Å². The Balaban J connectivity index is 1.50. The van der Waals surface area contributed by atoms with Crippen LogP contribution in [0.3, 0.4) is 0 Å². The molecule has 1 aromatic heterocycles. The van der Waals surface area contributed by atoms with Crippen LogP contribution in [-0.4, -0.2) is 32.6 Å². The van der Waals surface area contributed by atoms with Crippen molar-refractivity contribution in [1.29, 1.82) is 0 Å². The first-order chi connectivity index (χ1) is 13.5. The summed E-state index contributed by atoms with van der Waals surface area (Å²) in [4.78, 5) is 12.7. The van der Waals surface area contributed by atoms with E-state index in [1.54, 1.807) is 23.7 Å². The third-order valence-electron chi connectivity index (χ3n) is 4.89. The molecular formula is C20H20ClN5O2. The first kappa shape index (κ1) is 18.5. The standard InChI is InChI=1S/C20H20ClN5O2/c1-12-19(24-25-26(12)11-13-2-5-18(27)17(21)8-13)20(28)23-16-4-3-15-10-22-7-6-14(15)9-16/h2-5,8-9,22,27H,6-7,10-11H2,1H3,(H,23,28). The second-order valence-electron chi connectivity index (χ2n) is 6.83. The number of phenolic OH excluding ortho intramolecular Hbond substituents is 1. The summed E-state index contributed by atoms with van der Waals surface area (Å²) in [7, 11) is 0. The first-order valence-corrected chi connectivity index (χ1v) is 9.40. The zero-order valence-corrected chi connectivity index (χ0v) is 16.1. The number of hydrogen-bond donors (Lipinski definition) is 3. The minimum absolute atomic E-state index is 0.0293. The van der Waals surface area contributed by atoms with Gasteiger partial charge in [0, 0.05) is 12.2 Å². The molecule has 0 saturated carbocycles. The highest BCUT2D eigenvalue weighted by Gasteiger charge is 2.18. The Morgan fingerprint density at radius 3 is 2.96 bits per heavy atom. The fourth-order valence-electron chi connectivity index (χ4n) is 3.29. The van der Waals surface area contributed by atoms with Crippen molar-refractivity contribution in [2.24, 2.45) is 0 Å². The van der Waals surface area contributed by atoms with Crippen molar-refractivity contribution in [2.75, 3.05) is 11.9 Å². The van der Waals surface area contributed by atoms with Crippen molar-refractivity contribution in [3.8, 4) is 5.75 Å². The molecule has 0 saturated heterocycles. The lowest BCUT2D eigenvalue weighted by molar-refractivity contribution is 0.102. The van der Waals surface area contributed by atoms with Crippen LogP contribution in [0.2, 0.25) is 5.02 Å². The second kappa shape index (κ2) is 7.61. The number of fused-ring (bicyclic) bond motifs is 1. The van der Waals surface area contributed by atoms with E-state index in [0.29, 0.717) is 12.2 Å². The van der Waals surface area contributed by atoms with Gasteiger partial charge in [-0.05, 0) is 60.8 Å². The molecule has 28 heavy (non-hydrogen) atoms.